The maximum Gasteiger partial charge on any atom is 0.194 e. The third-order valence-corrected chi connectivity index (χ3v) is 4.25. The van der Waals surface area contributed by atoms with Crippen molar-refractivity contribution >= 4 is 27.9 Å². The van der Waals surface area contributed by atoms with Gasteiger partial charge in [0, 0.05) is 27.4 Å². The molecule has 86 valence electrons. The fourth-order valence-corrected chi connectivity index (χ4v) is 2.89. The molecular formula is C13H11ClN2S. The predicted molar refractivity (Wildman–Crippen MR) is 73.0 cm³/mol. The molecule has 0 aliphatic rings. The van der Waals surface area contributed by atoms with Gasteiger partial charge in [-0.1, -0.05) is 23.7 Å². The van der Waals surface area contributed by atoms with Gasteiger partial charge in [0.15, 0.2) is 4.96 Å². The van der Waals surface area contributed by atoms with Crippen LogP contribution in [0.3, 0.4) is 0 Å². The highest BCUT2D eigenvalue weighted by atomic mass is 35.5. The van der Waals surface area contributed by atoms with Crippen LogP contribution < -0.4 is 0 Å². The number of nitrogens with zero attached hydrogens (tertiary/aromatic N) is 2. The highest BCUT2D eigenvalue weighted by Gasteiger charge is 2.09. The zero-order chi connectivity index (χ0) is 12.0. The van der Waals surface area contributed by atoms with Crippen LogP contribution in [0.15, 0.2) is 30.5 Å². The molecule has 2 heterocycles. The molecule has 4 heteroatoms. The first-order valence-corrected chi connectivity index (χ1v) is 6.55. The SMILES string of the molecule is Cc1sc2nc(-c3ccc(Cl)cc3)cn2c1C. The van der Waals surface area contributed by atoms with E-state index in [0.29, 0.717) is 0 Å². The van der Waals surface area contributed by atoms with Crippen molar-refractivity contribution in [1.82, 2.24) is 9.38 Å². The normalized spacial score (nSPS) is 11.2. The molecule has 0 aliphatic carbocycles. The lowest BCUT2D eigenvalue weighted by atomic mass is 10.2. The van der Waals surface area contributed by atoms with E-state index in [1.165, 1.54) is 10.6 Å². The third kappa shape index (κ3) is 1.75. The van der Waals surface area contributed by atoms with Crippen LogP contribution in [0, 0.1) is 13.8 Å². The summed E-state index contributed by atoms with van der Waals surface area (Å²) in [5, 5.41) is 0.752. The van der Waals surface area contributed by atoms with Crippen LogP contribution in [-0.2, 0) is 0 Å². The number of hydrogen-bond acceptors (Lipinski definition) is 2. The molecule has 0 amide bonds. The van der Waals surface area contributed by atoms with E-state index in [9.17, 15) is 0 Å². The maximum atomic E-state index is 5.88. The first-order valence-electron chi connectivity index (χ1n) is 5.36. The molecule has 0 radical (unpaired) electrons. The Labute approximate surface area is 108 Å². The van der Waals surface area contributed by atoms with Crippen molar-refractivity contribution in [2.24, 2.45) is 0 Å². The first-order chi connectivity index (χ1) is 8.15. The molecule has 3 rings (SSSR count). The van der Waals surface area contributed by atoms with E-state index in [4.69, 9.17) is 11.6 Å². The highest BCUT2D eigenvalue weighted by Crippen LogP contribution is 2.26. The van der Waals surface area contributed by atoms with E-state index in [1.54, 1.807) is 11.3 Å². The lowest BCUT2D eigenvalue weighted by molar-refractivity contribution is 1.11. The quantitative estimate of drug-likeness (QED) is 0.638. The molecule has 0 atom stereocenters. The van der Waals surface area contributed by atoms with Crippen LogP contribution in [-0.4, -0.2) is 9.38 Å². The summed E-state index contributed by atoms with van der Waals surface area (Å²) < 4.78 is 2.14. The molecule has 0 unspecified atom stereocenters. The zero-order valence-corrected chi connectivity index (χ0v) is 11.1. The number of hydrogen-bond donors (Lipinski definition) is 0. The summed E-state index contributed by atoms with van der Waals surface area (Å²) in [4.78, 5) is 6.99. The van der Waals surface area contributed by atoms with Crippen LogP contribution in [0.4, 0.5) is 0 Å². The summed E-state index contributed by atoms with van der Waals surface area (Å²) in [5.41, 5.74) is 3.36. The number of rotatable bonds is 1. The maximum absolute atomic E-state index is 5.88. The largest absolute Gasteiger partial charge is 0.294 e. The van der Waals surface area contributed by atoms with Crippen molar-refractivity contribution in [3.8, 4) is 11.3 Å². The molecule has 0 spiro atoms. The minimum Gasteiger partial charge on any atom is -0.294 e. The Kier molecular flexibility index (Phi) is 2.45. The Hall–Kier alpha value is -1.32. The van der Waals surface area contributed by atoms with Crippen molar-refractivity contribution in [2.45, 2.75) is 13.8 Å². The number of fused-ring (bicyclic) bond motifs is 1. The summed E-state index contributed by atoms with van der Waals surface area (Å²) in [6.45, 7) is 4.24. The van der Waals surface area contributed by atoms with Crippen LogP contribution in [0.25, 0.3) is 16.2 Å². The molecule has 0 fully saturated rings. The van der Waals surface area contributed by atoms with E-state index in [-0.39, 0.29) is 0 Å². The number of imidazole rings is 1. The van der Waals surface area contributed by atoms with Gasteiger partial charge in [-0.2, -0.15) is 0 Å². The van der Waals surface area contributed by atoms with E-state index in [2.05, 4.69) is 29.4 Å². The minimum absolute atomic E-state index is 0.752. The van der Waals surface area contributed by atoms with Gasteiger partial charge in [0.05, 0.1) is 5.69 Å². The molecule has 2 aromatic heterocycles. The Bertz CT molecular complexity index is 679. The number of aromatic nitrogens is 2. The van der Waals surface area contributed by atoms with Gasteiger partial charge in [0.25, 0.3) is 0 Å². The molecule has 0 aliphatic heterocycles. The van der Waals surface area contributed by atoms with Crippen LogP contribution >= 0.6 is 22.9 Å². The lowest BCUT2D eigenvalue weighted by Crippen LogP contribution is -1.81. The molecule has 3 aromatic rings. The van der Waals surface area contributed by atoms with Crippen molar-refractivity contribution in [3.63, 3.8) is 0 Å². The van der Waals surface area contributed by atoms with Gasteiger partial charge >= 0.3 is 0 Å². The van der Waals surface area contributed by atoms with Gasteiger partial charge in [-0.3, -0.25) is 4.40 Å². The predicted octanol–water partition coefficient (Wildman–Crippen LogP) is 4.33. The monoisotopic (exact) mass is 262 g/mol. The molecule has 0 saturated heterocycles. The topological polar surface area (TPSA) is 17.3 Å². The van der Waals surface area contributed by atoms with Crippen molar-refractivity contribution in [3.05, 3.63) is 46.1 Å². The molecule has 17 heavy (non-hydrogen) atoms. The van der Waals surface area contributed by atoms with Gasteiger partial charge in [-0.25, -0.2) is 4.98 Å². The molecule has 0 N–H and O–H groups in total. The Morgan fingerprint density at radius 3 is 2.53 bits per heavy atom. The van der Waals surface area contributed by atoms with Crippen molar-refractivity contribution < 1.29 is 0 Å². The average Bonchev–Trinajstić information content (AvgIpc) is 2.82. The highest BCUT2D eigenvalue weighted by molar-refractivity contribution is 7.17. The van der Waals surface area contributed by atoms with E-state index in [1.807, 2.05) is 24.3 Å². The fourth-order valence-electron chi connectivity index (χ4n) is 1.82. The Morgan fingerprint density at radius 2 is 1.88 bits per heavy atom. The second-order valence-corrected chi connectivity index (χ2v) is 5.65. The fraction of sp³-hybridized carbons (Fsp3) is 0.154. The number of thiazole rings is 1. The molecule has 0 saturated carbocycles. The summed E-state index contributed by atoms with van der Waals surface area (Å²) >= 11 is 7.60. The van der Waals surface area contributed by atoms with E-state index >= 15 is 0 Å². The molecule has 2 nitrogen and oxygen atoms in total. The number of benzene rings is 1. The summed E-state index contributed by atoms with van der Waals surface area (Å²) in [7, 11) is 0. The number of aryl methyl sites for hydroxylation is 2. The second kappa shape index (κ2) is 3.86. The van der Waals surface area contributed by atoms with E-state index < -0.39 is 0 Å². The summed E-state index contributed by atoms with van der Waals surface area (Å²) in [6, 6.07) is 7.78. The third-order valence-electron chi connectivity index (χ3n) is 2.93. The Morgan fingerprint density at radius 1 is 1.18 bits per heavy atom. The second-order valence-electron chi connectivity index (χ2n) is 4.03. The van der Waals surface area contributed by atoms with Gasteiger partial charge < -0.3 is 0 Å². The van der Waals surface area contributed by atoms with Crippen LogP contribution in [0.1, 0.15) is 10.6 Å². The molecule has 0 bridgehead atoms. The number of halogens is 1. The van der Waals surface area contributed by atoms with Crippen LogP contribution in [0.5, 0.6) is 0 Å². The lowest BCUT2D eigenvalue weighted by Gasteiger charge is -1.96. The van der Waals surface area contributed by atoms with E-state index in [0.717, 1.165) is 21.2 Å². The van der Waals surface area contributed by atoms with Gasteiger partial charge in [0.1, 0.15) is 0 Å². The van der Waals surface area contributed by atoms with Gasteiger partial charge in [-0.15, -0.1) is 11.3 Å². The molecular weight excluding hydrogens is 252 g/mol. The van der Waals surface area contributed by atoms with Crippen LogP contribution in [0.2, 0.25) is 5.02 Å². The standard InChI is InChI=1S/C13H11ClN2S/c1-8-9(2)17-13-15-12(7-16(8)13)10-3-5-11(14)6-4-10/h3-7H,1-2H3. The Balaban J connectivity index is 2.15. The first kappa shape index (κ1) is 10.8. The van der Waals surface area contributed by atoms with Gasteiger partial charge in [0.2, 0.25) is 0 Å². The smallest absolute Gasteiger partial charge is 0.194 e. The van der Waals surface area contributed by atoms with Crippen molar-refractivity contribution in [1.29, 1.82) is 0 Å². The van der Waals surface area contributed by atoms with Gasteiger partial charge in [-0.05, 0) is 26.0 Å². The average molecular weight is 263 g/mol. The zero-order valence-electron chi connectivity index (χ0n) is 9.57. The summed E-state index contributed by atoms with van der Waals surface area (Å²) in [5.74, 6) is 0. The van der Waals surface area contributed by atoms with Crippen molar-refractivity contribution in [2.75, 3.05) is 0 Å². The molecule has 1 aromatic carbocycles. The summed E-state index contributed by atoms with van der Waals surface area (Å²) in [6.07, 6.45) is 2.08. The minimum atomic E-state index is 0.752.